The molecule has 2 N–H and O–H groups in total. The maximum atomic E-state index is 12.4. The van der Waals surface area contributed by atoms with Crippen LogP contribution >= 0.6 is 11.6 Å². The van der Waals surface area contributed by atoms with Crippen molar-refractivity contribution in [3.63, 3.8) is 0 Å². The summed E-state index contributed by atoms with van der Waals surface area (Å²) in [5.74, 6) is -1.57. The van der Waals surface area contributed by atoms with Gasteiger partial charge in [0.15, 0.2) is 30.5 Å². The van der Waals surface area contributed by atoms with Gasteiger partial charge in [0.25, 0.3) is 5.91 Å². The third-order valence-corrected chi connectivity index (χ3v) is 4.51. The van der Waals surface area contributed by atoms with Crippen molar-refractivity contribution < 1.29 is 28.6 Å². The fraction of sp³-hybridized carbons (Fsp3) is 0.318. The number of halogens is 1. The number of nitrogens with two attached hydrogens (primary N) is 1. The third kappa shape index (κ3) is 5.97. The summed E-state index contributed by atoms with van der Waals surface area (Å²) in [4.78, 5) is 35.6. The van der Waals surface area contributed by atoms with E-state index in [2.05, 4.69) is 20.8 Å². The number of Topliss-reactive ketones (excluding diaryl/α,β-unsaturated/α-hetero) is 1. The molecule has 0 spiro atoms. The highest BCUT2D eigenvalue weighted by atomic mass is 35.5. The van der Waals surface area contributed by atoms with Crippen LogP contribution < -0.4 is 15.2 Å². The average molecular weight is 434 g/mol. The lowest BCUT2D eigenvalue weighted by atomic mass is 9.86. The molecule has 0 bridgehead atoms. The number of esters is 1. The topological polar surface area (TPSA) is 105 Å². The summed E-state index contributed by atoms with van der Waals surface area (Å²) < 4.78 is 15.5. The number of ketones is 1. The minimum Gasteiger partial charge on any atom is -0.493 e. The Morgan fingerprint density at radius 1 is 1.00 bits per heavy atom. The number of benzene rings is 2. The molecule has 0 heterocycles. The fourth-order valence-corrected chi connectivity index (χ4v) is 2.84. The Bertz CT molecular complexity index is 947. The highest BCUT2D eigenvalue weighted by Gasteiger charge is 2.19. The molecule has 30 heavy (non-hydrogen) atoms. The van der Waals surface area contributed by atoms with Crippen molar-refractivity contribution >= 4 is 29.3 Å². The smallest absolute Gasteiger partial charge is 0.338 e. The molecular weight excluding hydrogens is 410 g/mol. The number of hydrogen-bond donors (Lipinski definition) is 1. The SMILES string of the molecule is COc1cc(C(=O)OCC(=O)c2ccc(C(C)(C)C)cc2)cc(Cl)c1OCC(N)=O. The quantitative estimate of drug-likeness (QED) is 0.504. The van der Waals surface area contributed by atoms with E-state index >= 15 is 0 Å². The number of hydrogen-bond acceptors (Lipinski definition) is 6. The number of primary amides is 1. The Balaban J connectivity index is 2.07. The summed E-state index contributed by atoms with van der Waals surface area (Å²) >= 11 is 6.12. The molecule has 2 aromatic carbocycles. The van der Waals surface area contributed by atoms with Gasteiger partial charge in [-0.2, -0.15) is 0 Å². The van der Waals surface area contributed by atoms with Crippen molar-refractivity contribution in [1.29, 1.82) is 0 Å². The van der Waals surface area contributed by atoms with Crippen LogP contribution in [0.1, 0.15) is 47.1 Å². The number of amides is 1. The van der Waals surface area contributed by atoms with Gasteiger partial charge in [-0.3, -0.25) is 9.59 Å². The summed E-state index contributed by atoms with van der Waals surface area (Å²) in [5.41, 5.74) is 6.63. The Labute approximate surface area is 180 Å². The molecule has 0 aromatic heterocycles. The second-order valence-corrected chi connectivity index (χ2v) is 7.98. The van der Waals surface area contributed by atoms with Crippen molar-refractivity contribution in [2.45, 2.75) is 26.2 Å². The van der Waals surface area contributed by atoms with Crippen LogP contribution in [0.25, 0.3) is 0 Å². The van der Waals surface area contributed by atoms with Gasteiger partial charge >= 0.3 is 5.97 Å². The molecule has 0 unspecified atom stereocenters. The predicted octanol–water partition coefficient (Wildman–Crippen LogP) is 3.55. The monoisotopic (exact) mass is 433 g/mol. The second-order valence-electron chi connectivity index (χ2n) is 7.57. The Kier molecular flexibility index (Phi) is 7.45. The number of carbonyl (C=O) groups is 3. The molecule has 1 amide bonds. The van der Waals surface area contributed by atoms with Crippen LogP contribution in [0.4, 0.5) is 0 Å². The first-order valence-corrected chi connectivity index (χ1v) is 9.50. The van der Waals surface area contributed by atoms with Gasteiger partial charge in [0.1, 0.15) is 0 Å². The first-order valence-electron chi connectivity index (χ1n) is 9.12. The summed E-state index contributed by atoms with van der Waals surface area (Å²) in [6, 6.07) is 9.82. The lowest BCUT2D eigenvalue weighted by molar-refractivity contribution is -0.119. The standard InChI is InChI=1S/C22H24ClNO6/c1-22(2,3)15-7-5-13(6-8-15)17(25)11-30-21(27)14-9-16(23)20(18(10-14)28-4)29-12-19(24)26/h5-10H,11-12H2,1-4H3,(H2,24,26). The van der Waals surface area contributed by atoms with E-state index in [0.29, 0.717) is 5.56 Å². The van der Waals surface area contributed by atoms with Gasteiger partial charge in [-0.05, 0) is 23.1 Å². The Hall–Kier alpha value is -3.06. The lowest BCUT2D eigenvalue weighted by Crippen LogP contribution is -2.20. The predicted molar refractivity (Wildman–Crippen MR) is 112 cm³/mol. The molecular formula is C22H24ClNO6. The highest BCUT2D eigenvalue weighted by Crippen LogP contribution is 2.36. The first-order chi connectivity index (χ1) is 14.0. The molecule has 2 rings (SSSR count). The van der Waals surface area contributed by atoms with Crippen molar-refractivity contribution in [3.05, 3.63) is 58.1 Å². The number of ether oxygens (including phenoxy) is 3. The molecule has 0 saturated carbocycles. The molecule has 0 saturated heterocycles. The van der Waals surface area contributed by atoms with E-state index in [1.807, 2.05) is 12.1 Å². The van der Waals surface area contributed by atoms with Crippen LogP contribution in [0, 0.1) is 0 Å². The van der Waals surface area contributed by atoms with E-state index in [1.165, 1.54) is 19.2 Å². The fourth-order valence-electron chi connectivity index (χ4n) is 2.57. The van der Waals surface area contributed by atoms with Gasteiger partial charge in [-0.1, -0.05) is 56.6 Å². The Morgan fingerprint density at radius 2 is 1.63 bits per heavy atom. The molecule has 2 aromatic rings. The second kappa shape index (κ2) is 9.63. The third-order valence-electron chi connectivity index (χ3n) is 4.23. The van der Waals surface area contributed by atoms with Gasteiger partial charge < -0.3 is 19.9 Å². The van der Waals surface area contributed by atoms with Gasteiger partial charge in [-0.25, -0.2) is 4.79 Å². The first kappa shape index (κ1) is 23.2. The average Bonchev–Trinajstić information content (AvgIpc) is 2.69. The van der Waals surface area contributed by atoms with Crippen LogP contribution in [0.3, 0.4) is 0 Å². The lowest BCUT2D eigenvalue weighted by Gasteiger charge is -2.19. The largest absolute Gasteiger partial charge is 0.493 e. The van der Waals surface area contributed by atoms with Gasteiger partial charge in [0, 0.05) is 5.56 Å². The zero-order valence-electron chi connectivity index (χ0n) is 17.3. The summed E-state index contributed by atoms with van der Waals surface area (Å²) in [6.07, 6.45) is 0. The van der Waals surface area contributed by atoms with Crippen molar-refractivity contribution in [1.82, 2.24) is 0 Å². The van der Waals surface area contributed by atoms with Crippen LogP contribution in [0.5, 0.6) is 11.5 Å². The van der Waals surface area contributed by atoms with Crippen LogP contribution in [-0.2, 0) is 14.9 Å². The minimum absolute atomic E-state index is 0.0281. The van der Waals surface area contributed by atoms with Gasteiger partial charge in [0.05, 0.1) is 17.7 Å². The molecule has 0 aliphatic heterocycles. The Morgan fingerprint density at radius 3 is 2.17 bits per heavy atom. The maximum absolute atomic E-state index is 12.4. The molecule has 7 nitrogen and oxygen atoms in total. The summed E-state index contributed by atoms with van der Waals surface area (Å²) in [7, 11) is 1.35. The summed E-state index contributed by atoms with van der Waals surface area (Å²) in [6.45, 7) is 5.41. The molecule has 0 atom stereocenters. The van der Waals surface area contributed by atoms with Crippen molar-refractivity contribution in [2.75, 3.05) is 20.3 Å². The molecule has 8 heteroatoms. The van der Waals surface area contributed by atoms with Crippen molar-refractivity contribution in [3.8, 4) is 11.5 Å². The van der Waals surface area contributed by atoms with E-state index in [9.17, 15) is 14.4 Å². The van der Waals surface area contributed by atoms with E-state index in [4.69, 9.17) is 31.5 Å². The van der Waals surface area contributed by atoms with Gasteiger partial charge in [0.2, 0.25) is 0 Å². The highest BCUT2D eigenvalue weighted by molar-refractivity contribution is 6.32. The summed E-state index contributed by atoms with van der Waals surface area (Å²) in [5, 5.41) is 0.0339. The molecule has 0 aliphatic carbocycles. The molecule has 0 radical (unpaired) electrons. The van der Waals surface area contributed by atoms with E-state index in [-0.39, 0.29) is 33.3 Å². The van der Waals surface area contributed by atoms with Crippen LogP contribution in [0.15, 0.2) is 36.4 Å². The minimum atomic E-state index is -0.753. The zero-order chi connectivity index (χ0) is 22.5. The molecule has 0 fully saturated rings. The van der Waals surface area contributed by atoms with Crippen molar-refractivity contribution in [2.24, 2.45) is 5.73 Å². The maximum Gasteiger partial charge on any atom is 0.338 e. The van der Waals surface area contributed by atoms with E-state index in [0.717, 1.165) is 5.56 Å². The molecule has 160 valence electrons. The molecule has 0 aliphatic rings. The number of rotatable bonds is 8. The van der Waals surface area contributed by atoms with Gasteiger partial charge in [-0.15, -0.1) is 0 Å². The van der Waals surface area contributed by atoms with E-state index < -0.39 is 25.1 Å². The number of methoxy groups -OCH3 is 1. The van der Waals surface area contributed by atoms with Crippen LogP contribution in [0.2, 0.25) is 5.02 Å². The normalized spacial score (nSPS) is 11.0. The van der Waals surface area contributed by atoms with Crippen LogP contribution in [-0.4, -0.2) is 38.0 Å². The van der Waals surface area contributed by atoms with E-state index in [1.54, 1.807) is 12.1 Å². The number of carbonyl (C=O) groups excluding carboxylic acids is 3. The zero-order valence-corrected chi connectivity index (χ0v) is 18.0.